The molecule has 114 valence electrons. The van der Waals surface area contributed by atoms with Crippen LogP contribution in [0.4, 0.5) is 0 Å². The molecule has 0 unspecified atom stereocenters. The van der Waals surface area contributed by atoms with Gasteiger partial charge in [-0.2, -0.15) is 0 Å². The molecule has 0 aliphatic carbocycles. The van der Waals surface area contributed by atoms with Crippen LogP contribution >= 0.6 is 11.6 Å². The fraction of sp³-hybridized carbons (Fsp3) is 0.647. The fourth-order valence-corrected chi connectivity index (χ4v) is 2.36. The van der Waals surface area contributed by atoms with Crippen molar-refractivity contribution in [1.82, 2.24) is 10.2 Å². The van der Waals surface area contributed by atoms with E-state index in [2.05, 4.69) is 43.2 Å². The van der Waals surface area contributed by atoms with Crippen molar-refractivity contribution in [3.8, 4) is 0 Å². The molecule has 1 aromatic rings. The number of halogens is 1. The molecule has 0 saturated carbocycles. The first kappa shape index (κ1) is 17.5. The molecule has 0 spiro atoms. The molecule has 0 aliphatic rings. The molecule has 0 saturated heterocycles. The standard InChI is InChI=1S/C17H29ClN2/c1-15(2)19-12-6-4-5-7-13-20(3)14-16-8-10-17(18)11-9-16/h8-11,15,19H,4-7,12-14H2,1-3H3. The van der Waals surface area contributed by atoms with E-state index >= 15 is 0 Å². The van der Waals surface area contributed by atoms with Gasteiger partial charge in [0, 0.05) is 17.6 Å². The van der Waals surface area contributed by atoms with Crippen LogP contribution in [0.25, 0.3) is 0 Å². The van der Waals surface area contributed by atoms with Gasteiger partial charge in [0.2, 0.25) is 0 Å². The maximum absolute atomic E-state index is 5.89. The van der Waals surface area contributed by atoms with Crippen LogP contribution in [0.1, 0.15) is 45.1 Å². The van der Waals surface area contributed by atoms with Gasteiger partial charge in [-0.05, 0) is 50.7 Å². The molecule has 0 aliphatic heterocycles. The molecule has 0 atom stereocenters. The molecule has 1 aromatic carbocycles. The second-order valence-corrected chi connectivity index (χ2v) is 6.32. The second kappa shape index (κ2) is 10.2. The van der Waals surface area contributed by atoms with E-state index in [9.17, 15) is 0 Å². The SMILES string of the molecule is CC(C)NCCCCCCN(C)Cc1ccc(Cl)cc1. The lowest BCUT2D eigenvalue weighted by Crippen LogP contribution is -2.23. The lowest BCUT2D eigenvalue weighted by Gasteiger charge is -2.16. The van der Waals surface area contributed by atoms with Crippen molar-refractivity contribution >= 4 is 11.6 Å². The molecule has 1 N–H and O–H groups in total. The van der Waals surface area contributed by atoms with Crippen molar-refractivity contribution in [3.63, 3.8) is 0 Å². The van der Waals surface area contributed by atoms with Crippen LogP contribution < -0.4 is 5.32 Å². The average molecular weight is 297 g/mol. The Labute approximate surface area is 129 Å². The molecule has 0 aromatic heterocycles. The number of unbranched alkanes of at least 4 members (excludes halogenated alkanes) is 3. The van der Waals surface area contributed by atoms with E-state index in [4.69, 9.17) is 11.6 Å². The normalized spacial score (nSPS) is 11.5. The van der Waals surface area contributed by atoms with Gasteiger partial charge < -0.3 is 10.2 Å². The molecule has 3 heteroatoms. The van der Waals surface area contributed by atoms with E-state index < -0.39 is 0 Å². The Morgan fingerprint density at radius 3 is 2.35 bits per heavy atom. The highest BCUT2D eigenvalue weighted by atomic mass is 35.5. The molecule has 0 radical (unpaired) electrons. The van der Waals surface area contributed by atoms with Gasteiger partial charge in [0.15, 0.2) is 0 Å². The van der Waals surface area contributed by atoms with Crippen LogP contribution in [0.3, 0.4) is 0 Å². The first-order valence-corrected chi connectivity index (χ1v) is 8.12. The van der Waals surface area contributed by atoms with Gasteiger partial charge in [-0.25, -0.2) is 0 Å². The first-order valence-electron chi connectivity index (χ1n) is 7.74. The van der Waals surface area contributed by atoms with Crippen LogP contribution in [0, 0.1) is 0 Å². The molecular weight excluding hydrogens is 268 g/mol. The molecule has 2 nitrogen and oxygen atoms in total. The van der Waals surface area contributed by atoms with Gasteiger partial charge in [-0.1, -0.05) is 50.4 Å². The Bertz CT molecular complexity index is 349. The van der Waals surface area contributed by atoms with Crippen LogP contribution in [-0.2, 0) is 6.54 Å². The number of benzene rings is 1. The third-order valence-electron chi connectivity index (χ3n) is 3.38. The average Bonchev–Trinajstić information content (AvgIpc) is 2.40. The van der Waals surface area contributed by atoms with Crippen molar-refractivity contribution in [2.75, 3.05) is 20.1 Å². The van der Waals surface area contributed by atoms with E-state index in [1.54, 1.807) is 0 Å². The number of hydrogen-bond donors (Lipinski definition) is 1. The van der Waals surface area contributed by atoms with Gasteiger partial charge >= 0.3 is 0 Å². The summed E-state index contributed by atoms with van der Waals surface area (Å²) in [6.45, 7) is 7.72. The van der Waals surface area contributed by atoms with Crippen molar-refractivity contribution < 1.29 is 0 Å². The van der Waals surface area contributed by atoms with E-state index in [1.807, 2.05) is 12.1 Å². The largest absolute Gasteiger partial charge is 0.315 e. The van der Waals surface area contributed by atoms with Gasteiger partial charge in [0.05, 0.1) is 0 Å². The summed E-state index contributed by atoms with van der Waals surface area (Å²) < 4.78 is 0. The van der Waals surface area contributed by atoms with Crippen LogP contribution in [0.5, 0.6) is 0 Å². The lowest BCUT2D eigenvalue weighted by molar-refractivity contribution is 0.316. The summed E-state index contributed by atoms with van der Waals surface area (Å²) in [7, 11) is 2.19. The molecular formula is C17H29ClN2. The zero-order valence-electron chi connectivity index (χ0n) is 13.2. The van der Waals surface area contributed by atoms with Crippen molar-refractivity contribution in [2.45, 2.75) is 52.1 Å². The van der Waals surface area contributed by atoms with Gasteiger partial charge in [0.25, 0.3) is 0 Å². The van der Waals surface area contributed by atoms with Gasteiger partial charge in [0.1, 0.15) is 0 Å². The maximum atomic E-state index is 5.89. The smallest absolute Gasteiger partial charge is 0.0406 e. The maximum Gasteiger partial charge on any atom is 0.0406 e. The summed E-state index contributed by atoms with van der Waals surface area (Å²) in [6, 6.07) is 8.76. The summed E-state index contributed by atoms with van der Waals surface area (Å²) in [5, 5.41) is 4.27. The number of nitrogens with one attached hydrogen (secondary N) is 1. The number of nitrogens with zero attached hydrogens (tertiary/aromatic N) is 1. The van der Waals surface area contributed by atoms with Crippen molar-refractivity contribution in [2.24, 2.45) is 0 Å². The first-order chi connectivity index (χ1) is 9.58. The Kier molecular flexibility index (Phi) is 8.92. The molecule has 20 heavy (non-hydrogen) atoms. The Hall–Kier alpha value is -0.570. The van der Waals surface area contributed by atoms with E-state index in [0.717, 1.165) is 18.1 Å². The quantitative estimate of drug-likeness (QED) is 0.647. The Morgan fingerprint density at radius 1 is 1.05 bits per heavy atom. The van der Waals surface area contributed by atoms with Gasteiger partial charge in [-0.3, -0.25) is 0 Å². The molecule has 0 fully saturated rings. The Morgan fingerprint density at radius 2 is 1.70 bits per heavy atom. The summed E-state index contributed by atoms with van der Waals surface area (Å²) >= 11 is 5.89. The lowest BCUT2D eigenvalue weighted by atomic mass is 10.1. The zero-order valence-corrected chi connectivity index (χ0v) is 13.9. The summed E-state index contributed by atoms with van der Waals surface area (Å²) in [4.78, 5) is 2.38. The van der Waals surface area contributed by atoms with E-state index in [0.29, 0.717) is 6.04 Å². The molecule has 0 heterocycles. The zero-order chi connectivity index (χ0) is 14.8. The minimum atomic E-state index is 0.612. The van der Waals surface area contributed by atoms with Crippen molar-refractivity contribution in [3.05, 3.63) is 34.9 Å². The predicted octanol–water partition coefficient (Wildman–Crippen LogP) is 4.33. The molecule has 1 rings (SSSR count). The highest BCUT2D eigenvalue weighted by molar-refractivity contribution is 6.30. The minimum Gasteiger partial charge on any atom is -0.315 e. The third kappa shape index (κ3) is 8.57. The summed E-state index contributed by atoms with van der Waals surface area (Å²) in [6.07, 6.45) is 5.23. The fourth-order valence-electron chi connectivity index (χ4n) is 2.23. The highest BCUT2D eigenvalue weighted by Gasteiger charge is 2.00. The predicted molar refractivity (Wildman–Crippen MR) is 89.4 cm³/mol. The van der Waals surface area contributed by atoms with Gasteiger partial charge in [-0.15, -0.1) is 0 Å². The number of rotatable bonds is 10. The second-order valence-electron chi connectivity index (χ2n) is 5.89. The summed E-state index contributed by atoms with van der Waals surface area (Å²) in [5.41, 5.74) is 1.33. The van der Waals surface area contributed by atoms with E-state index in [-0.39, 0.29) is 0 Å². The highest BCUT2D eigenvalue weighted by Crippen LogP contribution is 2.11. The Balaban J connectivity index is 2.03. The van der Waals surface area contributed by atoms with Crippen LogP contribution in [-0.4, -0.2) is 31.1 Å². The van der Waals surface area contributed by atoms with Crippen LogP contribution in [0.15, 0.2) is 24.3 Å². The van der Waals surface area contributed by atoms with E-state index in [1.165, 1.54) is 37.8 Å². The number of hydrogen-bond acceptors (Lipinski definition) is 2. The molecule has 0 amide bonds. The third-order valence-corrected chi connectivity index (χ3v) is 3.64. The summed E-state index contributed by atoms with van der Waals surface area (Å²) in [5.74, 6) is 0. The molecule has 0 bridgehead atoms. The topological polar surface area (TPSA) is 15.3 Å². The van der Waals surface area contributed by atoms with Crippen LogP contribution in [0.2, 0.25) is 5.02 Å². The monoisotopic (exact) mass is 296 g/mol. The minimum absolute atomic E-state index is 0.612. The van der Waals surface area contributed by atoms with Crippen molar-refractivity contribution in [1.29, 1.82) is 0 Å².